The van der Waals surface area contributed by atoms with E-state index >= 15 is 0 Å². The van der Waals surface area contributed by atoms with E-state index in [1.807, 2.05) is 44.2 Å². The maximum absolute atomic E-state index is 13.3. The van der Waals surface area contributed by atoms with Crippen molar-refractivity contribution in [3.63, 3.8) is 0 Å². The zero-order valence-corrected chi connectivity index (χ0v) is 16.1. The number of halogens is 1. The van der Waals surface area contributed by atoms with Gasteiger partial charge in [0.25, 0.3) is 0 Å². The first kappa shape index (κ1) is 16.5. The summed E-state index contributed by atoms with van der Waals surface area (Å²) in [4.78, 5) is 26.2. The number of alkyl halides is 2. The van der Waals surface area contributed by atoms with Crippen molar-refractivity contribution >= 4 is 31.6 Å². The summed E-state index contributed by atoms with van der Waals surface area (Å²) in [5, 5.41) is 0. The van der Waals surface area contributed by atoms with Gasteiger partial charge in [-0.2, -0.15) is 0 Å². The number of rotatable bonds is 3. The number of hydrogen-bond donors (Lipinski definition) is 0. The van der Waals surface area contributed by atoms with Crippen molar-refractivity contribution in [2.24, 2.45) is 5.92 Å². The van der Waals surface area contributed by atoms with Crippen molar-refractivity contribution in [2.75, 3.05) is 11.0 Å². The molecule has 0 bridgehead atoms. The van der Waals surface area contributed by atoms with Gasteiger partial charge in [0.05, 0.1) is 0 Å². The van der Waals surface area contributed by atoms with Gasteiger partial charge in [0, 0.05) is 0 Å². The van der Waals surface area contributed by atoms with Crippen LogP contribution in [0.5, 0.6) is 0 Å². The molecule has 3 fully saturated rings. The third-order valence-corrected chi connectivity index (χ3v) is 12.8. The van der Waals surface area contributed by atoms with Crippen LogP contribution in [0, 0.1) is 9.49 Å². The third kappa shape index (κ3) is 2.05. The summed E-state index contributed by atoms with van der Waals surface area (Å²) < 4.78 is 18.2. The minimum atomic E-state index is -2.05. The van der Waals surface area contributed by atoms with E-state index in [2.05, 4.69) is 0 Å². The first-order valence-corrected chi connectivity index (χ1v) is 11.9. The van der Waals surface area contributed by atoms with Gasteiger partial charge in [-0.15, -0.1) is 0 Å². The molecule has 0 amide bonds. The molecule has 3 aliphatic rings. The Kier molecular flexibility index (Phi) is 3.78. The first-order valence-electron chi connectivity index (χ1n) is 8.20. The number of fused-ring (bicyclic) bond motifs is 3. The molecule has 1 saturated carbocycles. The predicted octanol–water partition coefficient (Wildman–Crippen LogP) is 2.40. The van der Waals surface area contributed by atoms with Crippen molar-refractivity contribution in [3.8, 4) is 0 Å². The first-order chi connectivity index (χ1) is 11.4. The van der Waals surface area contributed by atoms with E-state index in [9.17, 15) is 9.59 Å². The van der Waals surface area contributed by atoms with Crippen molar-refractivity contribution in [2.45, 2.75) is 42.2 Å². The Labute approximate surface area is 148 Å². The molecule has 1 aromatic carbocycles. The Hall–Kier alpha value is -0.990. The zero-order chi connectivity index (χ0) is 17.1. The van der Waals surface area contributed by atoms with Crippen LogP contribution in [0.1, 0.15) is 20.8 Å². The number of carbonyl (C=O) groups excluding carboxylic acids is 2. The summed E-state index contributed by atoms with van der Waals surface area (Å²) in [6.07, 6.45) is -0.963. The van der Waals surface area contributed by atoms with Crippen LogP contribution < -0.4 is 0 Å². The monoisotopic (exact) mass is 444 g/mol. The van der Waals surface area contributed by atoms with Crippen LogP contribution in [0.3, 0.4) is 0 Å². The molecule has 4 atom stereocenters. The molecular formula is C18H21IO5. The maximum atomic E-state index is 13.3. The standard InChI is InChI=1S/C18H21IO5/c1-4-22-16(21)18-12(10-19(18)11-8-6-5-7-9-11)13-14(15(18)20)24-17(2,3)23-13/h5-9,12-14H,4,10H2,1-3H3/t12-,13-,14-,18-/m1/s1. The third-order valence-electron chi connectivity index (χ3n) is 4.90. The summed E-state index contributed by atoms with van der Waals surface area (Å²) in [5.74, 6) is -1.35. The van der Waals surface area contributed by atoms with E-state index in [0.717, 1.165) is 8.00 Å². The van der Waals surface area contributed by atoms with Crippen molar-refractivity contribution in [3.05, 3.63) is 33.9 Å². The molecular weight excluding hydrogens is 423 g/mol. The van der Waals surface area contributed by atoms with E-state index in [1.54, 1.807) is 6.92 Å². The van der Waals surface area contributed by atoms with Crippen molar-refractivity contribution < 1.29 is 23.8 Å². The number of carbonyl (C=O) groups is 2. The molecule has 2 saturated heterocycles. The molecule has 0 spiro atoms. The summed E-state index contributed by atoms with van der Waals surface area (Å²) in [5.41, 5.74) is 0. The van der Waals surface area contributed by atoms with Crippen LogP contribution in [0.25, 0.3) is 0 Å². The SMILES string of the molecule is CCOC(=O)[C@]12C(=O)[C@@H]3OC(C)(C)O[C@@H]3[C@H]1CI2c1ccccc1. The Morgan fingerprint density at radius 2 is 2.00 bits per heavy atom. The van der Waals surface area contributed by atoms with Gasteiger partial charge in [-0.3, -0.25) is 0 Å². The molecule has 130 valence electrons. The Balaban J connectivity index is 1.75. The summed E-state index contributed by atoms with van der Waals surface area (Å²) in [7, 11) is 0. The van der Waals surface area contributed by atoms with Crippen molar-refractivity contribution in [1.29, 1.82) is 0 Å². The van der Waals surface area contributed by atoms with Crippen LogP contribution >= 0.6 is 19.8 Å². The van der Waals surface area contributed by atoms with Crippen LogP contribution in [0.4, 0.5) is 0 Å². The number of Topliss-reactive ketones (excluding diaryl/α,β-unsaturated/α-hetero) is 1. The van der Waals surface area contributed by atoms with E-state index < -0.39 is 35.1 Å². The van der Waals surface area contributed by atoms with Crippen LogP contribution in [-0.4, -0.2) is 44.2 Å². The summed E-state index contributed by atoms with van der Waals surface area (Å²) >= 11 is -2.05. The van der Waals surface area contributed by atoms with Gasteiger partial charge in [0.15, 0.2) is 0 Å². The normalized spacial score (nSPS) is 37.5. The molecule has 2 aliphatic heterocycles. The van der Waals surface area contributed by atoms with Gasteiger partial charge in [0.2, 0.25) is 0 Å². The number of hydrogen-bond acceptors (Lipinski definition) is 5. The van der Waals surface area contributed by atoms with Gasteiger partial charge < -0.3 is 0 Å². The summed E-state index contributed by atoms with van der Waals surface area (Å²) in [6, 6.07) is 9.96. The Bertz CT molecular complexity index is 688. The number of esters is 1. The van der Waals surface area contributed by atoms with Crippen LogP contribution in [-0.2, 0) is 23.8 Å². The van der Waals surface area contributed by atoms with Crippen molar-refractivity contribution in [1.82, 2.24) is 0 Å². The topological polar surface area (TPSA) is 61.8 Å². The predicted molar refractivity (Wildman–Crippen MR) is 95.7 cm³/mol. The van der Waals surface area contributed by atoms with E-state index in [0.29, 0.717) is 0 Å². The molecule has 24 heavy (non-hydrogen) atoms. The molecule has 6 heteroatoms. The van der Waals surface area contributed by atoms with E-state index in [1.165, 1.54) is 0 Å². The van der Waals surface area contributed by atoms with E-state index in [-0.39, 0.29) is 30.4 Å². The van der Waals surface area contributed by atoms with E-state index in [4.69, 9.17) is 14.2 Å². The van der Waals surface area contributed by atoms with Crippen LogP contribution in [0.2, 0.25) is 0 Å². The fraction of sp³-hybridized carbons (Fsp3) is 0.556. The molecule has 1 aliphatic carbocycles. The number of ketones is 1. The van der Waals surface area contributed by atoms with Gasteiger partial charge in [-0.05, 0) is 0 Å². The van der Waals surface area contributed by atoms with Crippen LogP contribution in [0.15, 0.2) is 30.3 Å². The molecule has 4 rings (SSSR count). The Morgan fingerprint density at radius 3 is 2.67 bits per heavy atom. The zero-order valence-electron chi connectivity index (χ0n) is 14.0. The molecule has 1 aromatic rings. The average Bonchev–Trinajstić information content (AvgIpc) is 2.90. The fourth-order valence-corrected chi connectivity index (χ4v) is 12.0. The molecule has 2 heterocycles. The van der Waals surface area contributed by atoms with Gasteiger partial charge in [0.1, 0.15) is 0 Å². The second kappa shape index (κ2) is 5.51. The number of benzene rings is 1. The Morgan fingerprint density at radius 1 is 1.29 bits per heavy atom. The minimum absolute atomic E-state index is 0.109. The second-order valence-electron chi connectivity index (χ2n) is 6.74. The molecule has 0 radical (unpaired) electrons. The quantitative estimate of drug-likeness (QED) is 0.310. The molecule has 0 N–H and O–H groups in total. The second-order valence-corrected chi connectivity index (χ2v) is 12.6. The molecule has 5 nitrogen and oxygen atoms in total. The van der Waals surface area contributed by atoms with Gasteiger partial charge in [-0.25, -0.2) is 0 Å². The fourth-order valence-electron chi connectivity index (χ4n) is 3.99. The van der Waals surface area contributed by atoms with Gasteiger partial charge in [-0.1, -0.05) is 0 Å². The summed E-state index contributed by atoms with van der Waals surface area (Å²) in [6.45, 7) is 5.69. The van der Waals surface area contributed by atoms with Gasteiger partial charge >= 0.3 is 148 Å². The molecule has 0 aromatic heterocycles. The number of ether oxygens (including phenoxy) is 3. The average molecular weight is 444 g/mol. The molecule has 0 unspecified atom stereocenters.